The van der Waals surface area contributed by atoms with E-state index in [1.54, 1.807) is 12.1 Å². The lowest BCUT2D eigenvalue weighted by atomic mass is 10.0. The molecule has 24 heavy (non-hydrogen) atoms. The van der Waals surface area contributed by atoms with E-state index in [9.17, 15) is 9.59 Å². The zero-order valence-corrected chi connectivity index (χ0v) is 13.9. The smallest absolute Gasteiger partial charge is 0.231 e. The third-order valence-electron chi connectivity index (χ3n) is 4.10. The summed E-state index contributed by atoms with van der Waals surface area (Å²) in [7, 11) is 0. The first kappa shape index (κ1) is 16.1. The van der Waals surface area contributed by atoms with Gasteiger partial charge in [0.25, 0.3) is 0 Å². The van der Waals surface area contributed by atoms with E-state index in [1.807, 2.05) is 32.0 Å². The van der Waals surface area contributed by atoms with Crippen LogP contribution in [-0.4, -0.2) is 18.5 Å². The summed E-state index contributed by atoms with van der Waals surface area (Å²) in [5.41, 5.74) is 4.12. The minimum atomic E-state index is -0.181. The number of amides is 1. The fourth-order valence-corrected chi connectivity index (χ4v) is 2.63. The van der Waals surface area contributed by atoms with Gasteiger partial charge in [-0.15, -0.1) is 0 Å². The molecule has 0 aliphatic carbocycles. The predicted octanol–water partition coefficient (Wildman–Crippen LogP) is 3.42. The van der Waals surface area contributed by atoms with Gasteiger partial charge in [0.15, 0.2) is 17.3 Å². The Morgan fingerprint density at radius 1 is 1.04 bits per heavy atom. The van der Waals surface area contributed by atoms with Crippen LogP contribution in [0.25, 0.3) is 0 Å². The van der Waals surface area contributed by atoms with E-state index < -0.39 is 0 Å². The maximum atomic E-state index is 12.4. The van der Waals surface area contributed by atoms with Gasteiger partial charge in [0.1, 0.15) is 0 Å². The Hall–Kier alpha value is -2.82. The maximum Gasteiger partial charge on any atom is 0.231 e. The molecule has 0 bridgehead atoms. The Labute approximate surface area is 140 Å². The lowest BCUT2D eigenvalue weighted by molar-refractivity contribution is -0.115. The zero-order chi connectivity index (χ0) is 17.3. The fraction of sp³-hybridized carbons (Fsp3) is 0.263. The fourth-order valence-electron chi connectivity index (χ4n) is 2.63. The Morgan fingerprint density at radius 2 is 1.75 bits per heavy atom. The van der Waals surface area contributed by atoms with Crippen molar-refractivity contribution in [1.82, 2.24) is 0 Å². The van der Waals surface area contributed by atoms with Crippen molar-refractivity contribution >= 4 is 17.4 Å². The number of nitrogens with one attached hydrogen (secondary N) is 1. The average Bonchev–Trinajstić information content (AvgIpc) is 2.97. The monoisotopic (exact) mass is 325 g/mol. The highest BCUT2D eigenvalue weighted by atomic mass is 16.7. The molecule has 1 heterocycles. The second kappa shape index (κ2) is 6.35. The Morgan fingerprint density at radius 3 is 2.42 bits per heavy atom. The number of ether oxygens (including phenoxy) is 2. The lowest BCUT2D eigenvalue weighted by Gasteiger charge is -2.11. The number of ketones is 1. The van der Waals surface area contributed by atoms with Crippen LogP contribution < -0.4 is 14.8 Å². The summed E-state index contributed by atoms with van der Waals surface area (Å²) in [6.07, 6.45) is 0.243. The second-order valence-electron chi connectivity index (χ2n) is 5.95. The van der Waals surface area contributed by atoms with Crippen molar-refractivity contribution in [2.75, 3.05) is 12.1 Å². The number of rotatable bonds is 4. The van der Waals surface area contributed by atoms with Gasteiger partial charge in [-0.2, -0.15) is 0 Å². The van der Waals surface area contributed by atoms with Crippen LogP contribution in [0.15, 0.2) is 30.3 Å². The van der Waals surface area contributed by atoms with Crippen LogP contribution in [0.3, 0.4) is 0 Å². The van der Waals surface area contributed by atoms with E-state index >= 15 is 0 Å². The highest BCUT2D eigenvalue weighted by Gasteiger charge is 2.20. The molecule has 0 fully saturated rings. The van der Waals surface area contributed by atoms with Gasteiger partial charge in [0.2, 0.25) is 12.7 Å². The highest BCUT2D eigenvalue weighted by Crippen LogP contribution is 2.37. The van der Waals surface area contributed by atoms with Gasteiger partial charge in [-0.1, -0.05) is 18.2 Å². The molecule has 1 amide bonds. The predicted molar refractivity (Wildman–Crippen MR) is 90.8 cm³/mol. The quantitative estimate of drug-likeness (QED) is 0.875. The first-order valence-electron chi connectivity index (χ1n) is 7.74. The number of hydrogen-bond acceptors (Lipinski definition) is 4. The van der Waals surface area contributed by atoms with Crippen molar-refractivity contribution in [2.24, 2.45) is 0 Å². The van der Waals surface area contributed by atoms with Gasteiger partial charge in [-0.3, -0.25) is 9.59 Å². The number of Topliss-reactive ketones (excluding diaryl/α,β-unsaturated/α-hetero) is 1. The number of fused-ring (bicyclic) bond motifs is 1. The Bertz CT molecular complexity index is 826. The van der Waals surface area contributed by atoms with Gasteiger partial charge < -0.3 is 14.8 Å². The molecule has 5 heteroatoms. The summed E-state index contributed by atoms with van der Waals surface area (Å²) in [5, 5.41) is 2.81. The van der Waals surface area contributed by atoms with Gasteiger partial charge >= 0.3 is 0 Å². The lowest BCUT2D eigenvalue weighted by Crippen LogP contribution is -2.16. The average molecular weight is 325 g/mol. The third-order valence-corrected chi connectivity index (χ3v) is 4.10. The molecule has 0 spiro atoms. The summed E-state index contributed by atoms with van der Waals surface area (Å²) in [5.74, 6) is 0.725. The molecular formula is C19H19NO4. The van der Waals surface area contributed by atoms with Crippen LogP contribution in [0.4, 0.5) is 5.69 Å². The largest absolute Gasteiger partial charge is 0.454 e. The van der Waals surface area contributed by atoms with Crippen molar-refractivity contribution in [2.45, 2.75) is 27.2 Å². The molecule has 124 valence electrons. The summed E-state index contributed by atoms with van der Waals surface area (Å²) >= 11 is 0. The Balaban J connectivity index is 1.81. The zero-order valence-electron chi connectivity index (χ0n) is 13.9. The van der Waals surface area contributed by atoms with Gasteiger partial charge in [0.05, 0.1) is 12.1 Å². The number of benzene rings is 2. The number of aryl methyl sites for hydroxylation is 2. The second-order valence-corrected chi connectivity index (χ2v) is 5.95. The van der Waals surface area contributed by atoms with Crippen molar-refractivity contribution < 1.29 is 19.1 Å². The molecule has 0 radical (unpaired) electrons. The normalized spacial score (nSPS) is 12.1. The number of carbonyl (C=O) groups excluding carboxylic acids is 2. The molecule has 2 aromatic carbocycles. The third kappa shape index (κ3) is 3.25. The maximum absolute atomic E-state index is 12.4. The Kier molecular flexibility index (Phi) is 4.25. The van der Waals surface area contributed by atoms with E-state index in [0.29, 0.717) is 22.7 Å². The summed E-state index contributed by atoms with van der Waals surface area (Å²) < 4.78 is 10.6. The van der Waals surface area contributed by atoms with E-state index in [1.165, 1.54) is 12.5 Å². The van der Waals surface area contributed by atoms with Crippen LogP contribution in [0.5, 0.6) is 11.5 Å². The van der Waals surface area contributed by atoms with E-state index in [2.05, 4.69) is 5.32 Å². The molecular weight excluding hydrogens is 306 g/mol. The molecule has 5 nitrogen and oxygen atoms in total. The number of anilines is 1. The van der Waals surface area contributed by atoms with Gasteiger partial charge in [-0.05, 0) is 43.5 Å². The van der Waals surface area contributed by atoms with Crippen LogP contribution in [-0.2, 0) is 11.2 Å². The first-order chi connectivity index (χ1) is 11.4. The van der Waals surface area contributed by atoms with Crippen molar-refractivity contribution in [3.63, 3.8) is 0 Å². The number of hydrogen-bond donors (Lipinski definition) is 1. The van der Waals surface area contributed by atoms with Gasteiger partial charge in [0, 0.05) is 11.6 Å². The van der Waals surface area contributed by atoms with Crippen LogP contribution in [0.2, 0.25) is 0 Å². The molecule has 2 aromatic rings. The summed E-state index contributed by atoms with van der Waals surface area (Å²) in [6, 6.07) is 9.18. The van der Waals surface area contributed by atoms with Crippen molar-refractivity contribution in [1.29, 1.82) is 0 Å². The standard InChI is InChI=1S/C19H19NO4/c1-11-4-5-14(6-12(11)2)7-19(22)20-16-9-18-17(23-10-24-18)8-15(16)13(3)21/h4-6,8-9H,7,10H2,1-3H3,(H,20,22). The van der Waals surface area contributed by atoms with E-state index in [4.69, 9.17) is 9.47 Å². The minimum Gasteiger partial charge on any atom is -0.454 e. The van der Waals surface area contributed by atoms with Crippen LogP contribution in [0.1, 0.15) is 34.0 Å². The van der Waals surface area contributed by atoms with E-state index in [-0.39, 0.29) is 24.9 Å². The molecule has 0 aromatic heterocycles. The molecule has 0 saturated heterocycles. The van der Waals surface area contributed by atoms with Gasteiger partial charge in [-0.25, -0.2) is 0 Å². The summed E-state index contributed by atoms with van der Waals surface area (Å²) in [6.45, 7) is 5.62. The van der Waals surface area contributed by atoms with Crippen molar-refractivity contribution in [3.05, 3.63) is 52.6 Å². The molecule has 3 rings (SSSR count). The highest BCUT2D eigenvalue weighted by molar-refractivity contribution is 6.05. The molecule has 0 saturated carbocycles. The van der Waals surface area contributed by atoms with Crippen molar-refractivity contribution in [3.8, 4) is 11.5 Å². The van der Waals surface area contributed by atoms with Crippen LogP contribution >= 0.6 is 0 Å². The molecule has 1 aliphatic heterocycles. The minimum absolute atomic E-state index is 0.118. The first-order valence-corrected chi connectivity index (χ1v) is 7.74. The van der Waals surface area contributed by atoms with Crippen LogP contribution in [0, 0.1) is 13.8 Å². The number of carbonyl (C=O) groups is 2. The van der Waals surface area contributed by atoms with E-state index in [0.717, 1.165) is 11.1 Å². The topological polar surface area (TPSA) is 64.6 Å². The molecule has 0 atom stereocenters. The molecule has 1 aliphatic rings. The SMILES string of the molecule is CC(=O)c1cc2c(cc1NC(=O)Cc1ccc(C)c(C)c1)OCO2. The summed E-state index contributed by atoms with van der Waals surface area (Å²) in [4.78, 5) is 24.2. The molecule has 1 N–H and O–H groups in total. The molecule has 0 unspecified atom stereocenters.